The molecule has 1 aliphatic rings. The molecule has 2 nitrogen and oxygen atoms in total. The van der Waals surface area contributed by atoms with E-state index in [4.69, 9.17) is 12.2 Å². The molecule has 0 saturated carbocycles. The van der Waals surface area contributed by atoms with E-state index < -0.39 is 0 Å². The van der Waals surface area contributed by atoms with Gasteiger partial charge >= 0.3 is 0 Å². The molecule has 1 aliphatic heterocycles. The second-order valence-electron chi connectivity index (χ2n) is 3.72. The number of piperidine rings is 1. The lowest BCUT2D eigenvalue weighted by Gasteiger charge is -2.35. The number of nitrogens with two attached hydrogens (primary N) is 1. The molecule has 1 atom stereocenters. The molecule has 0 spiro atoms. The minimum absolute atomic E-state index is 0.701. The maximum Gasteiger partial charge on any atom is 0.0214 e. The summed E-state index contributed by atoms with van der Waals surface area (Å²) in [5.41, 5.74) is 5.58. The third kappa shape index (κ3) is 3.38. The molecular weight excluding hydrogens is 160 g/mol. The number of likely N-dealkylation sites (tertiary alicyclic amines) is 1. The third-order valence-electron chi connectivity index (χ3n) is 2.79. The molecule has 0 aliphatic carbocycles. The van der Waals surface area contributed by atoms with Gasteiger partial charge in [-0.3, -0.25) is 4.90 Å². The van der Waals surface area contributed by atoms with Crippen molar-refractivity contribution in [3.8, 4) is 12.3 Å². The fourth-order valence-electron chi connectivity index (χ4n) is 2.08. The Hall–Kier alpha value is -0.520. The van der Waals surface area contributed by atoms with Gasteiger partial charge in [0, 0.05) is 19.0 Å². The van der Waals surface area contributed by atoms with Gasteiger partial charge in [0.1, 0.15) is 0 Å². The fraction of sp³-hybridized carbons (Fsp3) is 0.818. The predicted octanol–water partition coefficient (Wildman–Crippen LogP) is 1.21. The van der Waals surface area contributed by atoms with Crippen LogP contribution in [0.5, 0.6) is 0 Å². The number of nitrogens with zero attached hydrogens (tertiary/aromatic N) is 1. The molecule has 0 amide bonds. The molecule has 0 bridgehead atoms. The molecule has 1 saturated heterocycles. The second-order valence-corrected chi connectivity index (χ2v) is 3.72. The molecule has 1 fully saturated rings. The Morgan fingerprint density at radius 3 is 3.00 bits per heavy atom. The summed E-state index contributed by atoms with van der Waals surface area (Å²) in [4.78, 5) is 2.51. The lowest BCUT2D eigenvalue weighted by molar-refractivity contribution is 0.145. The molecule has 0 aromatic heterocycles. The zero-order valence-electron chi connectivity index (χ0n) is 8.34. The zero-order valence-corrected chi connectivity index (χ0v) is 8.34. The third-order valence-corrected chi connectivity index (χ3v) is 2.79. The van der Waals surface area contributed by atoms with Crippen molar-refractivity contribution in [3.63, 3.8) is 0 Å². The van der Waals surface area contributed by atoms with E-state index in [-0.39, 0.29) is 0 Å². The highest BCUT2D eigenvalue weighted by molar-refractivity contribution is 4.87. The van der Waals surface area contributed by atoms with E-state index in [1.165, 1.54) is 25.8 Å². The second kappa shape index (κ2) is 6.01. The molecule has 1 unspecified atom stereocenters. The summed E-state index contributed by atoms with van der Waals surface area (Å²) in [5, 5.41) is 0. The van der Waals surface area contributed by atoms with Crippen LogP contribution in [0.25, 0.3) is 0 Å². The average Bonchev–Trinajstić information content (AvgIpc) is 2.17. The van der Waals surface area contributed by atoms with Gasteiger partial charge in [0.15, 0.2) is 0 Å². The van der Waals surface area contributed by atoms with Gasteiger partial charge in [-0.2, -0.15) is 0 Å². The SMILES string of the molecule is C#CCCN1CCCCC1CCN. The summed E-state index contributed by atoms with van der Waals surface area (Å²) in [7, 11) is 0. The van der Waals surface area contributed by atoms with Crippen LogP contribution < -0.4 is 5.73 Å². The van der Waals surface area contributed by atoms with E-state index in [1.807, 2.05) is 0 Å². The van der Waals surface area contributed by atoms with Gasteiger partial charge in [0.25, 0.3) is 0 Å². The highest BCUT2D eigenvalue weighted by atomic mass is 15.2. The Labute approximate surface area is 81.5 Å². The van der Waals surface area contributed by atoms with Gasteiger partial charge in [-0.1, -0.05) is 6.42 Å². The molecule has 74 valence electrons. The largest absolute Gasteiger partial charge is 0.330 e. The highest BCUT2D eigenvalue weighted by Crippen LogP contribution is 2.18. The van der Waals surface area contributed by atoms with Crippen LogP contribution in [-0.4, -0.2) is 30.6 Å². The topological polar surface area (TPSA) is 29.3 Å². The first kappa shape index (κ1) is 10.6. The molecule has 2 heteroatoms. The quantitative estimate of drug-likeness (QED) is 0.659. The molecule has 1 rings (SSSR count). The first-order chi connectivity index (χ1) is 6.38. The summed E-state index contributed by atoms with van der Waals surface area (Å²) < 4.78 is 0. The van der Waals surface area contributed by atoms with Crippen LogP contribution in [0.2, 0.25) is 0 Å². The molecule has 13 heavy (non-hydrogen) atoms. The number of rotatable bonds is 4. The van der Waals surface area contributed by atoms with E-state index >= 15 is 0 Å². The standard InChI is InChI=1S/C11H20N2/c1-2-3-9-13-10-5-4-6-11(13)7-8-12/h1,11H,3-10,12H2. The highest BCUT2D eigenvalue weighted by Gasteiger charge is 2.20. The Morgan fingerprint density at radius 1 is 1.46 bits per heavy atom. The lowest BCUT2D eigenvalue weighted by atomic mass is 9.99. The lowest BCUT2D eigenvalue weighted by Crippen LogP contribution is -2.41. The van der Waals surface area contributed by atoms with Crippen molar-refractivity contribution in [1.29, 1.82) is 0 Å². The number of hydrogen-bond acceptors (Lipinski definition) is 2. The Bertz CT molecular complexity index is 169. The van der Waals surface area contributed by atoms with Gasteiger partial charge in [-0.25, -0.2) is 0 Å². The molecule has 0 aromatic carbocycles. The molecule has 0 aromatic rings. The smallest absolute Gasteiger partial charge is 0.0214 e. The Balaban J connectivity index is 2.33. The van der Waals surface area contributed by atoms with Gasteiger partial charge < -0.3 is 5.73 Å². The molecule has 1 heterocycles. The van der Waals surface area contributed by atoms with E-state index in [9.17, 15) is 0 Å². The summed E-state index contributed by atoms with van der Waals surface area (Å²) in [6.45, 7) is 3.07. The fourth-order valence-corrected chi connectivity index (χ4v) is 2.08. The van der Waals surface area contributed by atoms with Crippen LogP contribution in [0.1, 0.15) is 32.1 Å². The minimum atomic E-state index is 0.701. The van der Waals surface area contributed by atoms with Crippen molar-refractivity contribution in [2.24, 2.45) is 5.73 Å². The van der Waals surface area contributed by atoms with Crippen molar-refractivity contribution >= 4 is 0 Å². The van der Waals surface area contributed by atoms with Crippen molar-refractivity contribution in [2.45, 2.75) is 38.1 Å². The summed E-state index contributed by atoms with van der Waals surface area (Å²) in [6, 6.07) is 0.701. The van der Waals surface area contributed by atoms with Gasteiger partial charge in [-0.05, 0) is 32.4 Å². The normalized spacial score (nSPS) is 24.2. The van der Waals surface area contributed by atoms with Crippen LogP contribution in [0.4, 0.5) is 0 Å². The number of hydrogen-bond donors (Lipinski definition) is 1. The summed E-state index contributed by atoms with van der Waals surface area (Å²) in [5.74, 6) is 2.70. The predicted molar refractivity (Wildman–Crippen MR) is 56.3 cm³/mol. The van der Waals surface area contributed by atoms with E-state index in [0.717, 1.165) is 25.9 Å². The Kier molecular flexibility index (Phi) is 4.88. The van der Waals surface area contributed by atoms with E-state index in [0.29, 0.717) is 6.04 Å². The number of terminal acetylenes is 1. The van der Waals surface area contributed by atoms with E-state index in [1.54, 1.807) is 0 Å². The zero-order chi connectivity index (χ0) is 9.52. The minimum Gasteiger partial charge on any atom is -0.330 e. The van der Waals surface area contributed by atoms with Crippen molar-refractivity contribution in [1.82, 2.24) is 4.90 Å². The summed E-state index contributed by atoms with van der Waals surface area (Å²) in [6.07, 6.45) is 11.3. The van der Waals surface area contributed by atoms with Crippen molar-refractivity contribution in [3.05, 3.63) is 0 Å². The first-order valence-corrected chi connectivity index (χ1v) is 5.26. The van der Waals surface area contributed by atoms with Crippen LogP contribution in [0.15, 0.2) is 0 Å². The monoisotopic (exact) mass is 180 g/mol. The molecule has 2 N–H and O–H groups in total. The first-order valence-electron chi connectivity index (χ1n) is 5.26. The Morgan fingerprint density at radius 2 is 2.31 bits per heavy atom. The van der Waals surface area contributed by atoms with Crippen LogP contribution in [-0.2, 0) is 0 Å². The van der Waals surface area contributed by atoms with Gasteiger partial charge in [0.2, 0.25) is 0 Å². The maximum atomic E-state index is 5.58. The maximum absolute atomic E-state index is 5.58. The van der Waals surface area contributed by atoms with Crippen LogP contribution in [0.3, 0.4) is 0 Å². The van der Waals surface area contributed by atoms with Crippen molar-refractivity contribution < 1.29 is 0 Å². The average molecular weight is 180 g/mol. The van der Waals surface area contributed by atoms with Gasteiger partial charge in [0.05, 0.1) is 0 Å². The van der Waals surface area contributed by atoms with E-state index in [2.05, 4.69) is 10.8 Å². The molecule has 0 radical (unpaired) electrons. The van der Waals surface area contributed by atoms with Crippen LogP contribution >= 0.6 is 0 Å². The molecular formula is C11H20N2. The summed E-state index contributed by atoms with van der Waals surface area (Å²) >= 11 is 0. The van der Waals surface area contributed by atoms with Crippen molar-refractivity contribution in [2.75, 3.05) is 19.6 Å². The van der Waals surface area contributed by atoms with Gasteiger partial charge in [-0.15, -0.1) is 12.3 Å². The van der Waals surface area contributed by atoms with Crippen LogP contribution in [0, 0.1) is 12.3 Å².